The van der Waals surface area contributed by atoms with Crippen molar-refractivity contribution in [3.05, 3.63) is 87.8 Å². The molecular weight excluding hydrogens is 484 g/mol. The molecule has 3 aromatic rings. The Balaban J connectivity index is 1.45. The minimum absolute atomic E-state index is 0.0742. The van der Waals surface area contributed by atoms with Crippen LogP contribution in [-0.2, 0) is 16.0 Å². The highest BCUT2D eigenvalue weighted by atomic mass is 35.5. The Kier molecular flexibility index (Phi) is 8.00. The van der Waals surface area contributed by atoms with Crippen molar-refractivity contribution in [1.29, 1.82) is 0 Å². The number of hydrogen-bond donors (Lipinski definition) is 1. The number of halogens is 1. The van der Waals surface area contributed by atoms with Crippen LogP contribution in [-0.4, -0.2) is 39.1 Å². The number of benzene rings is 3. The van der Waals surface area contributed by atoms with Crippen molar-refractivity contribution in [1.82, 2.24) is 5.32 Å². The first-order valence-electron chi connectivity index (χ1n) is 11.0. The zero-order valence-corrected chi connectivity index (χ0v) is 21.0. The van der Waals surface area contributed by atoms with Crippen LogP contribution in [0.15, 0.2) is 76.5 Å². The van der Waals surface area contributed by atoms with Crippen molar-refractivity contribution in [3.63, 3.8) is 0 Å². The number of anilines is 1. The number of nitrogens with zero attached hydrogens (tertiary/aromatic N) is 1. The van der Waals surface area contributed by atoms with Gasteiger partial charge in [0, 0.05) is 16.5 Å². The van der Waals surface area contributed by atoms with E-state index in [-0.39, 0.29) is 18.4 Å². The normalized spacial score (nSPS) is 14.0. The molecule has 180 valence electrons. The molecule has 1 aliphatic rings. The molecule has 0 saturated carbocycles. The van der Waals surface area contributed by atoms with Gasteiger partial charge in [0.2, 0.25) is 5.91 Å². The molecule has 1 aliphatic heterocycles. The topological polar surface area (TPSA) is 67.9 Å². The van der Waals surface area contributed by atoms with Gasteiger partial charge < -0.3 is 14.8 Å². The van der Waals surface area contributed by atoms with E-state index < -0.39 is 0 Å². The molecule has 0 aliphatic carbocycles. The second-order valence-electron chi connectivity index (χ2n) is 7.81. The van der Waals surface area contributed by atoms with Crippen LogP contribution in [0.4, 0.5) is 5.69 Å². The van der Waals surface area contributed by atoms with Crippen LogP contribution in [0.25, 0.3) is 6.08 Å². The second-order valence-corrected chi connectivity index (χ2v) is 9.33. The Labute approximate surface area is 213 Å². The monoisotopic (exact) mass is 508 g/mol. The summed E-state index contributed by atoms with van der Waals surface area (Å²) < 4.78 is 10.6. The quantitative estimate of drug-likeness (QED) is 0.424. The van der Waals surface area contributed by atoms with Crippen LogP contribution >= 0.6 is 23.4 Å². The van der Waals surface area contributed by atoms with Gasteiger partial charge in [0.1, 0.15) is 6.54 Å². The first-order valence-corrected chi connectivity index (χ1v) is 12.2. The molecule has 0 aromatic heterocycles. The predicted molar refractivity (Wildman–Crippen MR) is 140 cm³/mol. The number of rotatable bonds is 8. The van der Waals surface area contributed by atoms with Gasteiger partial charge in [0.25, 0.3) is 5.91 Å². The van der Waals surface area contributed by atoms with Gasteiger partial charge in [-0.25, -0.2) is 0 Å². The number of amides is 2. The fourth-order valence-corrected chi connectivity index (χ4v) is 5.01. The summed E-state index contributed by atoms with van der Waals surface area (Å²) in [5, 5.41) is 3.52. The highest BCUT2D eigenvalue weighted by Crippen LogP contribution is 2.42. The number of hydrogen-bond acceptors (Lipinski definition) is 5. The van der Waals surface area contributed by atoms with Gasteiger partial charge in [0.15, 0.2) is 11.5 Å². The molecule has 1 heterocycles. The van der Waals surface area contributed by atoms with Gasteiger partial charge in [-0.15, -0.1) is 0 Å². The summed E-state index contributed by atoms with van der Waals surface area (Å²) in [5.74, 6) is 0.844. The molecule has 0 bridgehead atoms. The van der Waals surface area contributed by atoms with Crippen molar-refractivity contribution < 1.29 is 19.1 Å². The molecule has 1 N–H and O–H groups in total. The van der Waals surface area contributed by atoms with Crippen LogP contribution in [0.1, 0.15) is 11.1 Å². The molecule has 0 fully saturated rings. The summed E-state index contributed by atoms with van der Waals surface area (Å²) in [7, 11) is 3.18. The fourth-order valence-electron chi connectivity index (χ4n) is 3.75. The van der Waals surface area contributed by atoms with E-state index in [2.05, 4.69) is 5.32 Å². The SMILES string of the molecule is COc1ccc(CCNC(=O)CN2C(=O)C(=Cc3cccc(Cl)c3)Sc3ccccc32)cc1OC. The molecule has 8 heteroatoms. The lowest BCUT2D eigenvalue weighted by molar-refractivity contribution is -0.122. The minimum Gasteiger partial charge on any atom is -0.493 e. The Morgan fingerprint density at radius 3 is 2.60 bits per heavy atom. The smallest absolute Gasteiger partial charge is 0.265 e. The van der Waals surface area contributed by atoms with Crippen LogP contribution in [0.5, 0.6) is 11.5 Å². The van der Waals surface area contributed by atoms with Crippen molar-refractivity contribution in [2.45, 2.75) is 11.3 Å². The Morgan fingerprint density at radius 2 is 1.83 bits per heavy atom. The number of thioether (sulfide) groups is 1. The number of methoxy groups -OCH3 is 2. The van der Waals surface area contributed by atoms with Gasteiger partial charge in [-0.05, 0) is 60.0 Å². The summed E-state index contributed by atoms with van der Waals surface area (Å²) >= 11 is 7.50. The average molecular weight is 509 g/mol. The Morgan fingerprint density at radius 1 is 1.03 bits per heavy atom. The molecule has 6 nitrogen and oxygen atoms in total. The molecule has 0 saturated heterocycles. The number of para-hydroxylation sites is 1. The van der Waals surface area contributed by atoms with Crippen molar-refractivity contribution in [2.75, 3.05) is 32.2 Å². The maximum atomic E-state index is 13.3. The Hall–Kier alpha value is -3.42. The molecule has 0 atom stereocenters. The van der Waals surface area contributed by atoms with Crippen LogP contribution in [0.2, 0.25) is 5.02 Å². The highest BCUT2D eigenvalue weighted by Gasteiger charge is 2.30. The predicted octanol–water partition coefficient (Wildman–Crippen LogP) is 5.20. The number of carbonyl (C=O) groups excluding carboxylic acids is 2. The molecule has 35 heavy (non-hydrogen) atoms. The second kappa shape index (κ2) is 11.3. The molecule has 4 rings (SSSR count). The maximum absolute atomic E-state index is 13.3. The third-order valence-electron chi connectivity index (χ3n) is 5.46. The summed E-state index contributed by atoms with van der Waals surface area (Å²) in [5.41, 5.74) is 2.55. The fraction of sp³-hybridized carbons (Fsp3) is 0.185. The molecule has 0 radical (unpaired) electrons. The van der Waals surface area contributed by atoms with E-state index in [0.717, 1.165) is 21.7 Å². The molecule has 2 amide bonds. The lowest BCUT2D eigenvalue weighted by atomic mass is 10.1. The average Bonchev–Trinajstić information content (AvgIpc) is 2.86. The van der Waals surface area contributed by atoms with Crippen LogP contribution in [0, 0.1) is 0 Å². The number of carbonyl (C=O) groups is 2. The zero-order chi connectivity index (χ0) is 24.8. The maximum Gasteiger partial charge on any atom is 0.265 e. The first-order chi connectivity index (χ1) is 17.0. The lowest BCUT2D eigenvalue weighted by Gasteiger charge is -2.29. The van der Waals surface area contributed by atoms with Crippen molar-refractivity contribution >= 4 is 46.9 Å². The van der Waals surface area contributed by atoms with Gasteiger partial charge in [-0.1, -0.05) is 53.7 Å². The molecule has 0 unspecified atom stereocenters. The molecule has 3 aromatic carbocycles. The van der Waals surface area contributed by atoms with E-state index in [4.69, 9.17) is 21.1 Å². The van der Waals surface area contributed by atoms with E-state index in [1.807, 2.05) is 54.6 Å². The van der Waals surface area contributed by atoms with E-state index >= 15 is 0 Å². The summed E-state index contributed by atoms with van der Waals surface area (Å²) in [4.78, 5) is 29.1. The number of fused-ring (bicyclic) bond motifs is 1. The van der Waals surface area contributed by atoms with Gasteiger partial charge in [0.05, 0.1) is 24.8 Å². The van der Waals surface area contributed by atoms with Crippen molar-refractivity contribution in [2.24, 2.45) is 0 Å². The van der Waals surface area contributed by atoms with E-state index in [1.165, 1.54) is 16.7 Å². The molecular formula is C27H25ClN2O4S. The van der Waals surface area contributed by atoms with Crippen LogP contribution in [0.3, 0.4) is 0 Å². The van der Waals surface area contributed by atoms with E-state index in [1.54, 1.807) is 32.4 Å². The van der Waals surface area contributed by atoms with Gasteiger partial charge >= 0.3 is 0 Å². The minimum atomic E-state index is -0.234. The largest absolute Gasteiger partial charge is 0.493 e. The standard InChI is InChI=1S/C27H25ClN2O4S/c1-33-22-11-10-18(15-23(22)34-2)12-13-29-26(31)17-30-21-8-3-4-9-24(21)35-25(27(30)32)16-19-6-5-7-20(28)14-19/h3-11,14-16H,12-13,17H2,1-2H3,(H,29,31). The van der Waals surface area contributed by atoms with Crippen molar-refractivity contribution in [3.8, 4) is 11.5 Å². The summed E-state index contributed by atoms with van der Waals surface area (Å²) in [6.07, 6.45) is 2.42. The van der Waals surface area contributed by atoms with Gasteiger partial charge in [-0.2, -0.15) is 0 Å². The number of nitrogens with one attached hydrogen (secondary N) is 1. The highest BCUT2D eigenvalue weighted by molar-refractivity contribution is 8.04. The van der Waals surface area contributed by atoms with Crippen LogP contribution < -0.4 is 19.7 Å². The summed E-state index contributed by atoms with van der Waals surface area (Å²) in [6, 6.07) is 20.5. The molecule has 0 spiro atoms. The lowest BCUT2D eigenvalue weighted by Crippen LogP contribution is -2.43. The summed E-state index contributed by atoms with van der Waals surface area (Å²) in [6.45, 7) is 0.354. The van der Waals surface area contributed by atoms with Gasteiger partial charge in [-0.3, -0.25) is 14.5 Å². The zero-order valence-electron chi connectivity index (χ0n) is 19.4. The third kappa shape index (κ3) is 5.99. The first kappa shape index (κ1) is 24.7. The van der Waals surface area contributed by atoms with E-state index in [0.29, 0.717) is 34.4 Å². The third-order valence-corrected chi connectivity index (χ3v) is 6.78. The Bertz CT molecular complexity index is 1280. The van der Waals surface area contributed by atoms with E-state index in [9.17, 15) is 9.59 Å². The number of ether oxygens (including phenoxy) is 2.